The zero-order valence-electron chi connectivity index (χ0n) is 16.3. The Balaban J connectivity index is 1.81. The van der Waals surface area contributed by atoms with E-state index in [4.69, 9.17) is 4.74 Å². The van der Waals surface area contributed by atoms with Crippen molar-refractivity contribution in [2.24, 2.45) is 0 Å². The van der Waals surface area contributed by atoms with Gasteiger partial charge in [-0.05, 0) is 36.1 Å². The minimum absolute atomic E-state index is 0.00180. The first kappa shape index (κ1) is 20.5. The fraction of sp³-hybridized carbons (Fsp3) is 0.364. The zero-order valence-corrected chi connectivity index (χ0v) is 16.3. The van der Waals surface area contributed by atoms with Crippen LogP contribution in [0.5, 0.6) is 5.75 Å². The highest BCUT2D eigenvalue weighted by Gasteiger charge is 2.11. The van der Waals surface area contributed by atoms with Crippen LogP contribution in [-0.2, 0) is 22.4 Å². The van der Waals surface area contributed by atoms with Gasteiger partial charge in [-0.1, -0.05) is 42.5 Å². The number of aryl methyl sites for hydroxylation is 1. The molecule has 27 heavy (non-hydrogen) atoms. The van der Waals surface area contributed by atoms with Crippen molar-refractivity contribution in [2.75, 3.05) is 26.7 Å². The molecule has 0 saturated heterocycles. The molecule has 2 aromatic rings. The second-order valence-corrected chi connectivity index (χ2v) is 6.52. The highest BCUT2D eigenvalue weighted by Crippen LogP contribution is 2.18. The summed E-state index contributed by atoms with van der Waals surface area (Å²) < 4.78 is 5.36. The fourth-order valence-corrected chi connectivity index (χ4v) is 2.97. The topological polar surface area (TPSA) is 58.6 Å². The fourth-order valence-electron chi connectivity index (χ4n) is 2.97. The zero-order chi connectivity index (χ0) is 19.6. The number of ether oxygens (including phenoxy) is 1. The minimum Gasteiger partial charge on any atom is -0.496 e. The van der Waals surface area contributed by atoms with Gasteiger partial charge in [0.25, 0.3) is 0 Å². The molecule has 0 fully saturated rings. The number of nitrogens with one attached hydrogen (secondary N) is 1. The Morgan fingerprint density at radius 1 is 1.00 bits per heavy atom. The molecule has 2 rings (SSSR count). The van der Waals surface area contributed by atoms with Crippen LogP contribution in [-0.4, -0.2) is 43.5 Å². The molecule has 5 heteroatoms. The van der Waals surface area contributed by atoms with E-state index in [1.165, 1.54) is 0 Å². The Morgan fingerprint density at radius 3 is 2.33 bits per heavy atom. The van der Waals surface area contributed by atoms with Crippen LogP contribution in [0, 0.1) is 6.92 Å². The SMILES string of the molecule is COc1ccccc1CCN(CCNC(=O)Cc1ccccc1C)C(C)=O. The van der Waals surface area contributed by atoms with Crippen molar-refractivity contribution in [3.05, 3.63) is 65.2 Å². The third-order valence-electron chi connectivity index (χ3n) is 4.61. The summed E-state index contributed by atoms with van der Waals surface area (Å²) in [7, 11) is 1.64. The molecule has 144 valence electrons. The van der Waals surface area contributed by atoms with Gasteiger partial charge in [-0.25, -0.2) is 0 Å². The van der Waals surface area contributed by atoms with E-state index in [-0.39, 0.29) is 11.8 Å². The van der Waals surface area contributed by atoms with Gasteiger partial charge in [0.15, 0.2) is 0 Å². The molecule has 0 atom stereocenters. The van der Waals surface area contributed by atoms with Crippen molar-refractivity contribution >= 4 is 11.8 Å². The number of carbonyl (C=O) groups is 2. The highest BCUT2D eigenvalue weighted by atomic mass is 16.5. The molecule has 0 bridgehead atoms. The molecule has 0 unspecified atom stereocenters. The van der Waals surface area contributed by atoms with Gasteiger partial charge in [-0.2, -0.15) is 0 Å². The summed E-state index contributed by atoms with van der Waals surface area (Å²) in [6, 6.07) is 15.7. The molecule has 0 aliphatic rings. The summed E-state index contributed by atoms with van der Waals surface area (Å²) in [4.78, 5) is 25.8. The van der Waals surface area contributed by atoms with E-state index >= 15 is 0 Å². The van der Waals surface area contributed by atoms with Crippen LogP contribution in [0.15, 0.2) is 48.5 Å². The molecule has 0 aliphatic heterocycles. The Morgan fingerprint density at radius 2 is 1.67 bits per heavy atom. The number of methoxy groups -OCH3 is 1. The second kappa shape index (κ2) is 10.4. The molecule has 0 aliphatic carbocycles. The van der Waals surface area contributed by atoms with Crippen LogP contribution in [0.4, 0.5) is 0 Å². The Kier molecular flexibility index (Phi) is 7.86. The van der Waals surface area contributed by atoms with E-state index < -0.39 is 0 Å². The molecule has 1 N–H and O–H groups in total. The lowest BCUT2D eigenvalue weighted by molar-refractivity contribution is -0.129. The van der Waals surface area contributed by atoms with Crippen LogP contribution >= 0.6 is 0 Å². The molecule has 2 aromatic carbocycles. The van der Waals surface area contributed by atoms with Gasteiger partial charge in [-0.3, -0.25) is 9.59 Å². The molecule has 0 spiro atoms. The number of para-hydroxylation sites is 1. The highest BCUT2D eigenvalue weighted by molar-refractivity contribution is 5.79. The van der Waals surface area contributed by atoms with E-state index in [0.29, 0.717) is 32.5 Å². The van der Waals surface area contributed by atoms with Crippen molar-refractivity contribution in [2.45, 2.75) is 26.7 Å². The van der Waals surface area contributed by atoms with E-state index in [1.54, 1.807) is 18.9 Å². The van der Waals surface area contributed by atoms with Gasteiger partial charge >= 0.3 is 0 Å². The third kappa shape index (κ3) is 6.44. The second-order valence-electron chi connectivity index (χ2n) is 6.52. The van der Waals surface area contributed by atoms with Crippen molar-refractivity contribution in [3.8, 4) is 5.75 Å². The van der Waals surface area contributed by atoms with Gasteiger partial charge < -0.3 is 15.0 Å². The van der Waals surface area contributed by atoms with Crippen LogP contribution in [0.1, 0.15) is 23.6 Å². The normalized spacial score (nSPS) is 10.3. The van der Waals surface area contributed by atoms with Gasteiger partial charge in [0.05, 0.1) is 13.5 Å². The van der Waals surface area contributed by atoms with Gasteiger partial charge in [0.2, 0.25) is 11.8 Å². The lowest BCUT2D eigenvalue weighted by Crippen LogP contribution is -2.39. The quantitative estimate of drug-likeness (QED) is 0.740. The minimum atomic E-state index is -0.0301. The smallest absolute Gasteiger partial charge is 0.224 e. The molecule has 0 radical (unpaired) electrons. The van der Waals surface area contributed by atoms with Crippen molar-refractivity contribution < 1.29 is 14.3 Å². The van der Waals surface area contributed by atoms with Crippen molar-refractivity contribution in [1.82, 2.24) is 10.2 Å². The number of hydrogen-bond acceptors (Lipinski definition) is 3. The maximum absolute atomic E-state index is 12.1. The molecule has 0 aromatic heterocycles. The largest absolute Gasteiger partial charge is 0.496 e. The standard InChI is InChI=1S/C22H28N2O3/c1-17-8-4-5-10-20(17)16-22(26)23-13-15-24(18(2)25)14-12-19-9-6-7-11-21(19)27-3/h4-11H,12-16H2,1-3H3,(H,23,26). The average molecular weight is 368 g/mol. The van der Waals surface area contributed by atoms with Gasteiger partial charge in [-0.15, -0.1) is 0 Å². The predicted octanol–water partition coefficient (Wildman–Crippen LogP) is 2.75. The predicted molar refractivity (Wildman–Crippen MR) is 107 cm³/mol. The summed E-state index contributed by atoms with van der Waals surface area (Å²) in [6.07, 6.45) is 1.06. The Bertz CT molecular complexity index is 774. The summed E-state index contributed by atoms with van der Waals surface area (Å²) >= 11 is 0. The van der Waals surface area contributed by atoms with E-state index in [0.717, 1.165) is 22.4 Å². The molecular formula is C22H28N2O3. The third-order valence-corrected chi connectivity index (χ3v) is 4.61. The van der Waals surface area contributed by atoms with Crippen LogP contribution < -0.4 is 10.1 Å². The van der Waals surface area contributed by atoms with Gasteiger partial charge in [0.1, 0.15) is 5.75 Å². The van der Waals surface area contributed by atoms with Crippen molar-refractivity contribution in [1.29, 1.82) is 0 Å². The lowest BCUT2D eigenvalue weighted by atomic mass is 10.1. The van der Waals surface area contributed by atoms with Crippen molar-refractivity contribution in [3.63, 3.8) is 0 Å². The van der Waals surface area contributed by atoms with E-state index in [9.17, 15) is 9.59 Å². The first-order valence-electron chi connectivity index (χ1n) is 9.20. The van der Waals surface area contributed by atoms with Gasteiger partial charge in [0, 0.05) is 26.6 Å². The number of nitrogens with zero attached hydrogens (tertiary/aromatic N) is 1. The molecule has 2 amide bonds. The number of hydrogen-bond donors (Lipinski definition) is 1. The molecule has 5 nitrogen and oxygen atoms in total. The average Bonchev–Trinajstić information content (AvgIpc) is 2.66. The Labute approximate surface area is 161 Å². The molecular weight excluding hydrogens is 340 g/mol. The first-order valence-corrected chi connectivity index (χ1v) is 9.20. The van der Waals surface area contributed by atoms with E-state index in [1.807, 2.05) is 55.5 Å². The number of benzene rings is 2. The van der Waals surface area contributed by atoms with Crippen LogP contribution in [0.3, 0.4) is 0 Å². The summed E-state index contributed by atoms with van der Waals surface area (Å²) in [5, 5.41) is 2.91. The number of amides is 2. The summed E-state index contributed by atoms with van der Waals surface area (Å²) in [6.45, 7) is 5.07. The number of rotatable bonds is 9. The molecule has 0 saturated carbocycles. The molecule has 0 heterocycles. The summed E-state index contributed by atoms with van der Waals surface area (Å²) in [5.41, 5.74) is 3.19. The number of carbonyl (C=O) groups excluding carboxylic acids is 2. The van der Waals surface area contributed by atoms with Crippen LogP contribution in [0.25, 0.3) is 0 Å². The van der Waals surface area contributed by atoms with Crippen LogP contribution in [0.2, 0.25) is 0 Å². The maximum Gasteiger partial charge on any atom is 0.224 e. The summed E-state index contributed by atoms with van der Waals surface area (Å²) in [5.74, 6) is 0.795. The monoisotopic (exact) mass is 368 g/mol. The lowest BCUT2D eigenvalue weighted by Gasteiger charge is -2.22. The first-order chi connectivity index (χ1) is 13.0. The maximum atomic E-state index is 12.1. The van der Waals surface area contributed by atoms with E-state index in [2.05, 4.69) is 5.32 Å². The Hall–Kier alpha value is -2.82.